The standard InChI is InChI=1S/C14H20FN3O/c1-10(16)12-8-11(15)4-5-13(12)18-7-3-6-17(2)14(19)9-18/h4-5,8,10H,3,6-7,9,16H2,1-2H3/t10-/m0/s1. The van der Waals surface area contributed by atoms with E-state index in [0.717, 1.165) is 30.8 Å². The van der Waals surface area contributed by atoms with Gasteiger partial charge in [0.1, 0.15) is 5.82 Å². The molecular formula is C14H20FN3O. The second kappa shape index (κ2) is 5.57. The number of nitrogens with two attached hydrogens (primary N) is 1. The Balaban J connectivity index is 2.32. The van der Waals surface area contributed by atoms with Crippen LogP contribution >= 0.6 is 0 Å². The van der Waals surface area contributed by atoms with Crippen molar-refractivity contribution in [2.24, 2.45) is 5.73 Å². The third-order valence-electron chi connectivity index (χ3n) is 3.49. The zero-order valence-corrected chi connectivity index (χ0v) is 11.4. The van der Waals surface area contributed by atoms with Crippen LogP contribution in [-0.4, -0.2) is 37.5 Å². The van der Waals surface area contributed by atoms with E-state index in [0.29, 0.717) is 6.54 Å². The first kappa shape index (κ1) is 13.8. The van der Waals surface area contributed by atoms with E-state index < -0.39 is 0 Å². The Morgan fingerprint density at radius 3 is 2.79 bits per heavy atom. The van der Waals surface area contributed by atoms with E-state index in [4.69, 9.17) is 5.73 Å². The van der Waals surface area contributed by atoms with Crippen molar-refractivity contribution < 1.29 is 9.18 Å². The van der Waals surface area contributed by atoms with Gasteiger partial charge in [0.2, 0.25) is 5.91 Å². The van der Waals surface area contributed by atoms with Gasteiger partial charge in [0, 0.05) is 31.9 Å². The molecule has 1 aromatic carbocycles. The van der Waals surface area contributed by atoms with Crippen LogP contribution in [0.3, 0.4) is 0 Å². The highest BCUT2D eigenvalue weighted by Crippen LogP contribution is 2.27. The van der Waals surface area contributed by atoms with Crippen molar-refractivity contribution in [3.8, 4) is 0 Å². The molecule has 19 heavy (non-hydrogen) atoms. The summed E-state index contributed by atoms with van der Waals surface area (Å²) in [6, 6.07) is 4.33. The van der Waals surface area contributed by atoms with Gasteiger partial charge in [0.05, 0.1) is 6.54 Å². The molecule has 104 valence electrons. The summed E-state index contributed by atoms with van der Waals surface area (Å²) >= 11 is 0. The van der Waals surface area contributed by atoms with E-state index in [1.165, 1.54) is 12.1 Å². The predicted molar refractivity (Wildman–Crippen MR) is 73.5 cm³/mol. The lowest BCUT2D eigenvalue weighted by atomic mass is 10.1. The van der Waals surface area contributed by atoms with Crippen molar-refractivity contribution in [3.05, 3.63) is 29.6 Å². The minimum Gasteiger partial charge on any atom is -0.362 e. The lowest BCUT2D eigenvalue weighted by Crippen LogP contribution is -2.35. The van der Waals surface area contributed by atoms with Gasteiger partial charge in [-0.3, -0.25) is 4.79 Å². The number of hydrogen-bond donors (Lipinski definition) is 1. The van der Waals surface area contributed by atoms with Gasteiger partial charge in [-0.2, -0.15) is 0 Å². The highest BCUT2D eigenvalue weighted by molar-refractivity contribution is 5.82. The quantitative estimate of drug-likeness (QED) is 0.882. The SMILES string of the molecule is C[C@H](N)c1cc(F)ccc1N1CCCN(C)C(=O)C1. The Morgan fingerprint density at radius 1 is 1.37 bits per heavy atom. The van der Waals surface area contributed by atoms with E-state index in [9.17, 15) is 9.18 Å². The van der Waals surface area contributed by atoms with Gasteiger partial charge in [-0.25, -0.2) is 4.39 Å². The zero-order chi connectivity index (χ0) is 14.0. The lowest BCUT2D eigenvalue weighted by Gasteiger charge is -2.26. The fraction of sp³-hybridized carbons (Fsp3) is 0.500. The molecule has 0 bridgehead atoms. The summed E-state index contributed by atoms with van der Waals surface area (Å²) < 4.78 is 13.3. The molecule has 2 N–H and O–H groups in total. The largest absolute Gasteiger partial charge is 0.362 e. The summed E-state index contributed by atoms with van der Waals surface area (Å²) in [4.78, 5) is 15.6. The molecule has 1 aliphatic rings. The maximum Gasteiger partial charge on any atom is 0.241 e. The molecule has 5 heteroatoms. The number of carbonyl (C=O) groups is 1. The number of benzene rings is 1. The molecule has 2 rings (SSSR count). The molecule has 4 nitrogen and oxygen atoms in total. The third kappa shape index (κ3) is 3.04. The minimum absolute atomic E-state index is 0.0810. The number of anilines is 1. The van der Waals surface area contributed by atoms with Crippen LogP contribution in [0.4, 0.5) is 10.1 Å². The first-order valence-corrected chi connectivity index (χ1v) is 6.53. The Morgan fingerprint density at radius 2 is 2.11 bits per heavy atom. The molecule has 1 fully saturated rings. The van der Waals surface area contributed by atoms with E-state index in [1.54, 1.807) is 11.0 Å². The molecule has 0 aromatic heterocycles. The second-order valence-corrected chi connectivity index (χ2v) is 5.08. The molecule has 1 saturated heterocycles. The summed E-state index contributed by atoms with van der Waals surface area (Å²) in [7, 11) is 1.81. The maximum absolute atomic E-state index is 13.3. The predicted octanol–water partition coefficient (Wildman–Crippen LogP) is 1.51. The van der Waals surface area contributed by atoms with Gasteiger partial charge in [-0.05, 0) is 37.1 Å². The molecule has 0 unspecified atom stereocenters. The summed E-state index contributed by atoms with van der Waals surface area (Å²) in [6.45, 7) is 3.68. The van der Waals surface area contributed by atoms with Crippen LogP contribution in [0.2, 0.25) is 0 Å². The van der Waals surface area contributed by atoms with Crippen LogP contribution in [0.15, 0.2) is 18.2 Å². The Bertz CT molecular complexity index is 476. The highest BCUT2D eigenvalue weighted by Gasteiger charge is 2.22. The Kier molecular flexibility index (Phi) is 4.04. The molecule has 0 saturated carbocycles. The van der Waals surface area contributed by atoms with Crippen molar-refractivity contribution in [2.45, 2.75) is 19.4 Å². The molecule has 1 amide bonds. The number of carbonyl (C=O) groups excluding carboxylic acids is 1. The molecule has 1 aliphatic heterocycles. The maximum atomic E-state index is 13.3. The number of hydrogen-bond acceptors (Lipinski definition) is 3. The van der Waals surface area contributed by atoms with Gasteiger partial charge < -0.3 is 15.5 Å². The van der Waals surface area contributed by atoms with Crippen LogP contribution in [-0.2, 0) is 4.79 Å². The Labute approximate surface area is 113 Å². The first-order valence-electron chi connectivity index (χ1n) is 6.53. The van der Waals surface area contributed by atoms with Crippen LogP contribution in [0.5, 0.6) is 0 Å². The summed E-state index contributed by atoms with van der Waals surface area (Å²) in [5.41, 5.74) is 7.51. The van der Waals surface area contributed by atoms with E-state index in [2.05, 4.69) is 0 Å². The molecule has 1 aromatic rings. The van der Waals surface area contributed by atoms with Gasteiger partial charge in [-0.15, -0.1) is 0 Å². The average molecular weight is 265 g/mol. The summed E-state index contributed by atoms with van der Waals surface area (Å²) in [5, 5.41) is 0. The number of likely N-dealkylation sites (N-methyl/N-ethyl adjacent to an activating group) is 1. The number of amides is 1. The van der Waals surface area contributed by atoms with Crippen LogP contribution in [0.25, 0.3) is 0 Å². The molecule has 1 heterocycles. The monoisotopic (exact) mass is 265 g/mol. The van der Waals surface area contributed by atoms with Gasteiger partial charge in [0.15, 0.2) is 0 Å². The smallest absolute Gasteiger partial charge is 0.241 e. The molecule has 1 atom stereocenters. The van der Waals surface area contributed by atoms with E-state index in [-0.39, 0.29) is 17.8 Å². The van der Waals surface area contributed by atoms with Crippen molar-refractivity contribution >= 4 is 11.6 Å². The van der Waals surface area contributed by atoms with E-state index in [1.807, 2.05) is 18.9 Å². The molecule has 0 radical (unpaired) electrons. The third-order valence-corrected chi connectivity index (χ3v) is 3.49. The molecular weight excluding hydrogens is 245 g/mol. The van der Waals surface area contributed by atoms with Gasteiger partial charge >= 0.3 is 0 Å². The van der Waals surface area contributed by atoms with Gasteiger partial charge in [0.25, 0.3) is 0 Å². The average Bonchev–Trinajstić information content (AvgIpc) is 2.52. The van der Waals surface area contributed by atoms with Crippen LogP contribution < -0.4 is 10.6 Å². The van der Waals surface area contributed by atoms with Crippen molar-refractivity contribution in [2.75, 3.05) is 31.6 Å². The molecule has 0 aliphatic carbocycles. The van der Waals surface area contributed by atoms with Gasteiger partial charge in [-0.1, -0.05) is 0 Å². The Hall–Kier alpha value is -1.62. The zero-order valence-electron chi connectivity index (χ0n) is 11.4. The normalized spacial score (nSPS) is 18.4. The topological polar surface area (TPSA) is 49.6 Å². The number of nitrogens with zero attached hydrogens (tertiary/aromatic N) is 2. The fourth-order valence-electron chi connectivity index (χ4n) is 2.37. The second-order valence-electron chi connectivity index (χ2n) is 5.08. The summed E-state index contributed by atoms with van der Waals surface area (Å²) in [6.07, 6.45) is 0.901. The summed E-state index contributed by atoms with van der Waals surface area (Å²) in [5.74, 6) is -0.216. The van der Waals surface area contributed by atoms with Crippen molar-refractivity contribution in [3.63, 3.8) is 0 Å². The number of rotatable bonds is 2. The minimum atomic E-state index is -0.297. The first-order chi connectivity index (χ1) is 8.99. The van der Waals surface area contributed by atoms with E-state index >= 15 is 0 Å². The fourth-order valence-corrected chi connectivity index (χ4v) is 2.37. The highest BCUT2D eigenvalue weighted by atomic mass is 19.1. The lowest BCUT2D eigenvalue weighted by molar-refractivity contribution is -0.127. The van der Waals surface area contributed by atoms with Crippen molar-refractivity contribution in [1.82, 2.24) is 4.90 Å². The number of halogens is 1. The van der Waals surface area contributed by atoms with Crippen LogP contribution in [0.1, 0.15) is 24.9 Å². The van der Waals surface area contributed by atoms with Crippen molar-refractivity contribution in [1.29, 1.82) is 0 Å². The van der Waals surface area contributed by atoms with Crippen LogP contribution in [0, 0.1) is 5.82 Å². The molecule has 0 spiro atoms.